The van der Waals surface area contributed by atoms with Gasteiger partial charge in [0.05, 0.1) is 25.4 Å². The van der Waals surface area contributed by atoms with Gasteiger partial charge in [0.1, 0.15) is 24.4 Å². The first kappa shape index (κ1) is 49.9. The average molecular weight is 756 g/mol. The quantitative estimate of drug-likeness (QED) is 0.0272. The molecule has 7 atom stereocenters. The molecule has 9 heteroatoms. The lowest BCUT2D eigenvalue weighted by atomic mass is 9.99. The van der Waals surface area contributed by atoms with Gasteiger partial charge in [0.2, 0.25) is 5.91 Å². The maximum absolute atomic E-state index is 12.9. The molecular weight excluding hydrogens is 670 g/mol. The van der Waals surface area contributed by atoms with Crippen molar-refractivity contribution in [2.24, 2.45) is 0 Å². The molecule has 0 aliphatic carbocycles. The molecule has 0 radical (unpaired) electrons. The molecule has 1 heterocycles. The molecule has 1 aliphatic heterocycles. The second kappa shape index (κ2) is 35.4. The highest BCUT2D eigenvalue weighted by atomic mass is 16.7. The van der Waals surface area contributed by atoms with Gasteiger partial charge in [-0.2, -0.15) is 0 Å². The maximum atomic E-state index is 12.9. The van der Waals surface area contributed by atoms with E-state index in [-0.39, 0.29) is 12.5 Å². The molecule has 6 N–H and O–H groups in total. The number of unbranched alkanes of at least 4 members (excludes halogenated alkanes) is 27. The van der Waals surface area contributed by atoms with Crippen LogP contribution in [0.1, 0.15) is 206 Å². The Morgan fingerprint density at radius 1 is 0.623 bits per heavy atom. The minimum Gasteiger partial charge on any atom is -0.394 e. The first-order valence-electron chi connectivity index (χ1n) is 22.4. The van der Waals surface area contributed by atoms with E-state index in [0.29, 0.717) is 6.42 Å². The lowest BCUT2D eigenvalue weighted by Gasteiger charge is -2.40. The summed E-state index contributed by atoms with van der Waals surface area (Å²) in [5, 5.41) is 54.1. The van der Waals surface area contributed by atoms with Crippen LogP contribution in [0.3, 0.4) is 0 Å². The van der Waals surface area contributed by atoms with Crippen LogP contribution in [0, 0.1) is 0 Å². The molecular formula is C44H85NO8. The third kappa shape index (κ3) is 26.4. The second-order valence-electron chi connectivity index (χ2n) is 15.9. The highest BCUT2D eigenvalue weighted by Crippen LogP contribution is 2.23. The zero-order valence-electron chi connectivity index (χ0n) is 34.3. The van der Waals surface area contributed by atoms with E-state index in [0.717, 1.165) is 38.5 Å². The summed E-state index contributed by atoms with van der Waals surface area (Å²) in [6, 6.07) is -0.797. The Balaban J connectivity index is 2.35. The number of nitrogens with one attached hydrogen (secondary N) is 1. The molecule has 1 rings (SSSR count). The molecule has 1 fully saturated rings. The van der Waals surface area contributed by atoms with Crippen LogP contribution in [0.5, 0.6) is 0 Å². The van der Waals surface area contributed by atoms with Crippen LogP contribution in [0.4, 0.5) is 0 Å². The van der Waals surface area contributed by atoms with Crippen molar-refractivity contribution in [2.75, 3.05) is 13.2 Å². The highest BCUT2D eigenvalue weighted by Gasteiger charge is 2.44. The number of hydrogen-bond donors (Lipinski definition) is 6. The molecule has 0 bridgehead atoms. The second-order valence-corrected chi connectivity index (χ2v) is 15.9. The largest absolute Gasteiger partial charge is 0.394 e. The molecule has 0 aromatic heterocycles. The van der Waals surface area contributed by atoms with Crippen molar-refractivity contribution in [3.63, 3.8) is 0 Å². The van der Waals surface area contributed by atoms with Gasteiger partial charge in [-0.25, -0.2) is 0 Å². The van der Waals surface area contributed by atoms with Gasteiger partial charge < -0.3 is 40.3 Å². The lowest BCUT2D eigenvalue weighted by Crippen LogP contribution is -2.60. The number of hydrogen-bond acceptors (Lipinski definition) is 8. The van der Waals surface area contributed by atoms with E-state index in [1.807, 2.05) is 6.08 Å². The standard InChI is InChI=1S/C44H85NO8/c1-3-5-7-9-11-13-15-16-17-18-19-20-21-22-24-25-27-29-31-33-38(47)37(36-52-44-43(51)42(50)41(49)39(35-46)53-44)45-40(48)34-32-30-28-26-23-14-12-10-8-6-4-2/h31,33,37-39,41-44,46-47,49-51H,3-30,32,34-36H2,1-2H3,(H,45,48)/b33-31+. The Labute approximate surface area is 325 Å². The zero-order valence-corrected chi connectivity index (χ0v) is 34.3. The zero-order chi connectivity index (χ0) is 38.8. The minimum atomic E-state index is -1.56. The molecule has 0 aromatic rings. The van der Waals surface area contributed by atoms with Gasteiger partial charge in [0, 0.05) is 6.42 Å². The molecule has 0 saturated carbocycles. The van der Waals surface area contributed by atoms with Gasteiger partial charge in [-0.05, 0) is 19.3 Å². The van der Waals surface area contributed by atoms with Gasteiger partial charge in [-0.15, -0.1) is 0 Å². The summed E-state index contributed by atoms with van der Waals surface area (Å²) in [6.45, 7) is 3.77. The van der Waals surface area contributed by atoms with E-state index in [9.17, 15) is 30.3 Å². The van der Waals surface area contributed by atoms with E-state index in [2.05, 4.69) is 19.2 Å². The molecule has 0 spiro atoms. The van der Waals surface area contributed by atoms with E-state index in [4.69, 9.17) is 9.47 Å². The Morgan fingerprint density at radius 2 is 1.04 bits per heavy atom. The van der Waals surface area contributed by atoms with Crippen molar-refractivity contribution in [3.05, 3.63) is 12.2 Å². The summed E-state index contributed by atoms with van der Waals surface area (Å²) in [4.78, 5) is 12.9. The molecule has 1 aliphatic rings. The fourth-order valence-corrected chi connectivity index (χ4v) is 7.21. The van der Waals surface area contributed by atoms with Crippen LogP contribution < -0.4 is 5.32 Å². The fraction of sp³-hybridized carbons (Fsp3) is 0.932. The van der Waals surface area contributed by atoms with E-state index in [1.165, 1.54) is 148 Å². The number of ether oxygens (including phenoxy) is 2. The first-order valence-corrected chi connectivity index (χ1v) is 22.4. The Bertz CT molecular complexity index is 842. The molecule has 7 unspecified atom stereocenters. The van der Waals surface area contributed by atoms with Crippen molar-refractivity contribution in [2.45, 2.75) is 249 Å². The first-order chi connectivity index (χ1) is 25.8. The highest BCUT2D eigenvalue weighted by molar-refractivity contribution is 5.76. The van der Waals surface area contributed by atoms with Crippen LogP contribution in [0.15, 0.2) is 12.2 Å². The van der Waals surface area contributed by atoms with Gasteiger partial charge in [0.25, 0.3) is 0 Å². The van der Waals surface area contributed by atoms with Crippen LogP contribution in [-0.4, -0.2) is 87.5 Å². The lowest BCUT2D eigenvalue weighted by molar-refractivity contribution is -0.302. The molecule has 53 heavy (non-hydrogen) atoms. The van der Waals surface area contributed by atoms with Gasteiger partial charge in [0.15, 0.2) is 6.29 Å². The summed E-state index contributed by atoms with van der Waals surface area (Å²) < 4.78 is 11.2. The van der Waals surface area contributed by atoms with Crippen molar-refractivity contribution in [1.82, 2.24) is 5.32 Å². The third-order valence-corrected chi connectivity index (χ3v) is 10.9. The van der Waals surface area contributed by atoms with Crippen LogP contribution >= 0.6 is 0 Å². The summed E-state index contributed by atoms with van der Waals surface area (Å²) in [7, 11) is 0. The number of carbonyl (C=O) groups excluding carboxylic acids is 1. The van der Waals surface area contributed by atoms with Crippen molar-refractivity contribution < 1.29 is 39.8 Å². The van der Waals surface area contributed by atoms with E-state index >= 15 is 0 Å². The molecule has 1 amide bonds. The predicted octanol–water partition coefficient (Wildman–Crippen LogP) is 8.95. The number of aliphatic hydroxyl groups is 5. The summed E-state index contributed by atoms with van der Waals surface area (Å²) in [6.07, 6.45) is 32.5. The predicted molar refractivity (Wildman–Crippen MR) is 217 cm³/mol. The van der Waals surface area contributed by atoms with Crippen LogP contribution in [0.2, 0.25) is 0 Å². The number of aliphatic hydroxyl groups excluding tert-OH is 5. The van der Waals surface area contributed by atoms with Crippen LogP contribution in [0.25, 0.3) is 0 Å². The third-order valence-electron chi connectivity index (χ3n) is 10.9. The van der Waals surface area contributed by atoms with E-state index in [1.54, 1.807) is 6.08 Å². The number of carbonyl (C=O) groups is 1. The SMILES string of the molecule is CCCCCCCCCCCCCCCCCCC/C=C/C(O)C(COC1OC(CO)C(O)C(O)C1O)NC(=O)CCCCCCCCCCCCC. The molecule has 314 valence electrons. The fourth-order valence-electron chi connectivity index (χ4n) is 7.21. The van der Waals surface area contributed by atoms with Gasteiger partial charge >= 0.3 is 0 Å². The summed E-state index contributed by atoms with van der Waals surface area (Å²) in [5.41, 5.74) is 0. The molecule has 1 saturated heterocycles. The monoisotopic (exact) mass is 756 g/mol. The number of allylic oxidation sites excluding steroid dienone is 1. The van der Waals surface area contributed by atoms with Crippen molar-refractivity contribution >= 4 is 5.91 Å². The van der Waals surface area contributed by atoms with E-state index < -0.39 is 49.5 Å². The Kier molecular flexibility index (Phi) is 33.3. The van der Waals surface area contributed by atoms with Crippen molar-refractivity contribution in [3.8, 4) is 0 Å². The minimum absolute atomic E-state index is 0.177. The summed E-state index contributed by atoms with van der Waals surface area (Å²) >= 11 is 0. The normalized spacial score (nSPS) is 21.7. The molecule has 0 aromatic carbocycles. The smallest absolute Gasteiger partial charge is 0.220 e. The number of amides is 1. The maximum Gasteiger partial charge on any atom is 0.220 e. The molecule has 9 nitrogen and oxygen atoms in total. The number of rotatable bonds is 37. The van der Waals surface area contributed by atoms with Gasteiger partial charge in [-0.3, -0.25) is 4.79 Å². The van der Waals surface area contributed by atoms with Crippen molar-refractivity contribution in [1.29, 1.82) is 0 Å². The van der Waals surface area contributed by atoms with Crippen LogP contribution in [-0.2, 0) is 14.3 Å². The summed E-state index contributed by atoms with van der Waals surface area (Å²) in [5.74, 6) is -0.177. The Morgan fingerprint density at radius 3 is 1.47 bits per heavy atom. The van der Waals surface area contributed by atoms with Gasteiger partial charge in [-0.1, -0.05) is 193 Å². The average Bonchev–Trinajstić information content (AvgIpc) is 3.16. The topological polar surface area (TPSA) is 149 Å². The Hall–Kier alpha value is -1.07.